The summed E-state index contributed by atoms with van der Waals surface area (Å²) in [5.74, 6) is 1.49. The second-order valence-corrected chi connectivity index (χ2v) is 7.85. The van der Waals surface area contributed by atoms with Crippen LogP contribution in [-0.2, 0) is 16.1 Å². The number of ether oxygens (including phenoxy) is 1. The first-order valence-electron chi connectivity index (χ1n) is 9.91. The Kier molecular flexibility index (Phi) is 6.11. The zero-order chi connectivity index (χ0) is 18.7. The van der Waals surface area contributed by atoms with Crippen molar-refractivity contribution in [1.29, 1.82) is 0 Å². The van der Waals surface area contributed by atoms with Crippen LogP contribution in [-0.4, -0.2) is 69.4 Å². The molecule has 0 N–H and O–H groups in total. The van der Waals surface area contributed by atoms with Gasteiger partial charge in [0.2, 0.25) is 11.9 Å². The molecular formula is C18H32N6O2. The molecule has 2 aliphatic rings. The number of hydrogen-bond acceptors (Lipinski definition) is 6. The number of likely N-dealkylation sites (N-methyl/N-ethyl adjacent to an activating group) is 1. The summed E-state index contributed by atoms with van der Waals surface area (Å²) in [7, 11) is 1.90. The molecule has 8 heteroatoms. The molecule has 26 heavy (non-hydrogen) atoms. The number of carbonyl (C=O) groups excluding carboxylic acids is 1. The van der Waals surface area contributed by atoms with Crippen molar-refractivity contribution in [3.63, 3.8) is 0 Å². The lowest BCUT2D eigenvalue weighted by Crippen LogP contribution is -2.49. The number of piperidine rings is 1. The van der Waals surface area contributed by atoms with Gasteiger partial charge in [-0.25, -0.2) is 4.68 Å². The van der Waals surface area contributed by atoms with Crippen molar-refractivity contribution in [3.05, 3.63) is 0 Å². The minimum absolute atomic E-state index is 0.198. The Morgan fingerprint density at radius 2 is 2.04 bits per heavy atom. The molecule has 2 aliphatic heterocycles. The van der Waals surface area contributed by atoms with E-state index in [1.54, 1.807) is 0 Å². The molecule has 146 valence electrons. The summed E-state index contributed by atoms with van der Waals surface area (Å²) < 4.78 is 7.76. The highest BCUT2D eigenvalue weighted by Gasteiger charge is 2.39. The van der Waals surface area contributed by atoms with Gasteiger partial charge in [-0.3, -0.25) is 4.79 Å². The van der Waals surface area contributed by atoms with Gasteiger partial charge in [0.1, 0.15) is 0 Å². The van der Waals surface area contributed by atoms with Gasteiger partial charge in [-0.2, -0.15) is 0 Å². The van der Waals surface area contributed by atoms with Crippen LogP contribution in [0.2, 0.25) is 0 Å². The van der Waals surface area contributed by atoms with E-state index in [2.05, 4.69) is 34.3 Å². The lowest BCUT2D eigenvalue weighted by molar-refractivity contribution is -0.129. The molecule has 3 heterocycles. The number of carbonyl (C=O) groups is 1. The normalized spacial score (nSPS) is 24.9. The monoisotopic (exact) mass is 364 g/mol. The highest BCUT2D eigenvalue weighted by molar-refractivity contribution is 5.78. The maximum absolute atomic E-state index is 12.3. The van der Waals surface area contributed by atoms with E-state index < -0.39 is 0 Å². The molecule has 3 rings (SSSR count). The van der Waals surface area contributed by atoms with Gasteiger partial charge >= 0.3 is 0 Å². The van der Waals surface area contributed by atoms with Gasteiger partial charge in [-0.1, -0.05) is 18.9 Å². The highest BCUT2D eigenvalue weighted by atomic mass is 16.5. The molecule has 2 fully saturated rings. The molecule has 0 radical (unpaired) electrons. The Morgan fingerprint density at radius 1 is 1.27 bits per heavy atom. The van der Waals surface area contributed by atoms with Gasteiger partial charge < -0.3 is 14.5 Å². The average molecular weight is 364 g/mol. The van der Waals surface area contributed by atoms with Gasteiger partial charge in [-0.05, 0) is 49.0 Å². The third kappa shape index (κ3) is 4.00. The molecule has 1 aromatic heterocycles. The van der Waals surface area contributed by atoms with E-state index in [0.29, 0.717) is 18.4 Å². The number of aromatic nitrogens is 4. The number of aryl methyl sites for hydroxylation is 1. The SMILES string of the molecule is CCOC(CCn1nnnc1N1C2CCCC1CN(C)C(=O)C2)C(C)C. The predicted octanol–water partition coefficient (Wildman–Crippen LogP) is 1.71. The summed E-state index contributed by atoms with van der Waals surface area (Å²) in [6.45, 7) is 8.59. The molecule has 1 aromatic rings. The summed E-state index contributed by atoms with van der Waals surface area (Å²) in [4.78, 5) is 16.5. The van der Waals surface area contributed by atoms with Crippen LogP contribution in [0.5, 0.6) is 0 Å². The number of fused-ring (bicyclic) bond motifs is 2. The molecular weight excluding hydrogens is 332 g/mol. The van der Waals surface area contributed by atoms with Crippen molar-refractivity contribution >= 4 is 11.9 Å². The molecule has 1 amide bonds. The van der Waals surface area contributed by atoms with Crippen LogP contribution >= 0.6 is 0 Å². The second-order valence-electron chi connectivity index (χ2n) is 7.85. The van der Waals surface area contributed by atoms with E-state index in [9.17, 15) is 4.79 Å². The number of rotatable bonds is 7. The summed E-state index contributed by atoms with van der Waals surface area (Å²) in [5.41, 5.74) is 0. The first-order valence-corrected chi connectivity index (χ1v) is 9.91. The number of hydrogen-bond donors (Lipinski definition) is 0. The van der Waals surface area contributed by atoms with Gasteiger partial charge in [0.05, 0.1) is 6.10 Å². The van der Waals surface area contributed by atoms with Crippen molar-refractivity contribution in [3.8, 4) is 0 Å². The maximum atomic E-state index is 12.3. The van der Waals surface area contributed by atoms with Gasteiger partial charge in [-0.15, -0.1) is 0 Å². The number of amides is 1. The molecule has 2 saturated heterocycles. The molecule has 0 spiro atoms. The lowest BCUT2D eigenvalue weighted by Gasteiger charge is -2.40. The van der Waals surface area contributed by atoms with Gasteiger partial charge in [0, 0.05) is 45.2 Å². The predicted molar refractivity (Wildman–Crippen MR) is 98.8 cm³/mol. The van der Waals surface area contributed by atoms with E-state index in [1.807, 2.05) is 23.6 Å². The molecule has 3 atom stereocenters. The Balaban J connectivity index is 1.77. The van der Waals surface area contributed by atoms with Crippen LogP contribution in [0.1, 0.15) is 52.9 Å². The molecule has 0 saturated carbocycles. The number of nitrogens with zero attached hydrogens (tertiary/aromatic N) is 6. The van der Waals surface area contributed by atoms with Crippen molar-refractivity contribution < 1.29 is 9.53 Å². The first kappa shape index (κ1) is 19.1. The van der Waals surface area contributed by atoms with Crippen LogP contribution in [0.15, 0.2) is 0 Å². The summed E-state index contributed by atoms with van der Waals surface area (Å²) in [6.07, 6.45) is 4.89. The Hall–Kier alpha value is -1.70. The fourth-order valence-electron chi connectivity index (χ4n) is 4.25. The minimum atomic E-state index is 0.198. The van der Waals surface area contributed by atoms with E-state index in [-0.39, 0.29) is 18.1 Å². The Bertz CT molecular complexity index is 604. The number of anilines is 1. The molecule has 3 unspecified atom stereocenters. The minimum Gasteiger partial charge on any atom is -0.378 e. The van der Waals surface area contributed by atoms with Crippen molar-refractivity contribution in [2.75, 3.05) is 25.1 Å². The first-order chi connectivity index (χ1) is 12.5. The summed E-state index contributed by atoms with van der Waals surface area (Å²) >= 11 is 0. The average Bonchev–Trinajstić information content (AvgIpc) is 3.04. The topological polar surface area (TPSA) is 76.4 Å². The quantitative estimate of drug-likeness (QED) is 0.733. The fraction of sp³-hybridized carbons (Fsp3) is 0.889. The van der Waals surface area contributed by atoms with Crippen LogP contribution in [0.25, 0.3) is 0 Å². The van der Waals surface area contributed by atoms with Gasteiger partial charge in [0.25, 0.3) is 0 Å². The van der Waals surface area contributed by atoms with E-state index in [1.165, 1.54) is 0 Å². The lowest BCUT2D eigenvalue weighted by atomic mass is 9.95. The van der Waals surface area contributed by atoms with Crippen LogP contribution in [0, 0.1) is 5.92 Å². The van der Waals surface area contributed by atoms with E-state index in [0.717, 1.165) is 51.3 Å². The molecule has 2 bridgehead atoms. The van der Waals surface area contributed by atoms with Crippen molar-refractivity contribution in [2.45, 2.75) is 77.6 Å². The molecule has 8 nitrogen and oxygen atoms in total. The highest BCUT2D eigenvalue weighted by Crippen LogP contribution is 2.32. The van der Waals surface area contributed by atoms with Crippen LogP contribution in [0.4, 0.5) is 5.95 Å². The maximum Gasteiger partial charge on any atom is 0.246 e. The van der Waals surface area contributed by atoms with E-state index in [4.69, 9.17) is 4.74 Å². The smallest absolute Gasteiger partial charge is 0.246 e. The zero-order valence-corrected chi connectivity index (χ0v) is 16.5. The Morgan fingerprint density at radius 3 is 2.77 bits per heavy atom. The molecule has 0 aromatic carbocycles. The standard InChI is InChI=1S/C18H32N6O2/c1-5-26-16(13(2)3)9-10-23-18(19-20-21-23)24-14-7-6-8-15(24)12-22(4)17(25)11-14/h13-16H,5-12H2,1-4H3. The molecule has 0 aliphatic carbocycles. The largest absolute Gasteiger partial charge is 0.378 e. The summed E-state index contributed by atoms with van der Waals surface area (Å²) in [6, 6.07) is 0.492. The van der Waals surface area contributed by atoms with Gasteiger partial charge in [0.15, 0.2) is 0 Å². The summed E-state index contributed by atoms with van der Waals surface area (Å²) in [5, 5.41) is 12.5. The third-order valence-electron chi connectivity index (χ3n) is 5.68. The van der Waals surface area contributed by atoms with Crippen molar-refractivity contribution in [1.82, 2.24) is 25.1 Å². The Labute approximate surface area is 155 Å². The fourth-order valence-corrected chi connectivity index (χ4v) is 4.25. The second kappa shape index (κ2) is 8.33. The van der Waals surface area contributed by atoms with Crippen LogP contribution in [0.3, 0.4) is 0 Å². The number of tetrazole rings is 1. The third-order valence-corrected chi connectivity index (χ3v) is 5.68. The zero-order valence-electron chi connectivity index (χ0n) is 16.5. The van der Waals surface area contributed by atoms with Crippen LogP contribution < -0.4 is 4.90 Å². The van der Waals surface area contributed by atoms with Crippen molar-refractivity contribution in [2.24, 2.45) is 5.92 Å². The van der Waals surface area contributed by atoms with E-state index >= 15 is 0 Å².